The number of halogens is 1. The minimum absolute atomic E-state index is 0.0956. The molecule has 0 bridgehead atoms. The highest BCUT2D eigenvalue weighted by molar-refractivity contribution is 5.78. The first-order valence-electron chi connectivity index (χ1n) is 7.92. The van der Waals surface area contributed by atoms with E-state index < -0.39 is 0 Å². The van der Waals surface area contributed by atoms with E-state index in [1.54, 1.807) is 6.07 Å². The Labute approximate surface area is 142 Å². The average Bonchev–Trinajstić information content (AvgIpc) is 2.60. The summed E-state index contributed by atoms with van der Waals surface area (Å²) >= 11 is 0. The summed E-state index contributed by atoms with van der Waals surface area (Å²) in [6.45, 7) is 2.38. The zero-order valence-corrected chi connectivity index (χ0v) is 13.7. The molecule has 0 saturated carbocycles. The first-order chi connectivity index (χ1) is 11.6. The lowest BCUT2D eigenvalue weighted by Gasteiger charge is -2.20. The second kappa shape index (κ2) is 8.85. The summed E-state index contributed by atoms with van der Waals surface area (Å²) in [6.07, 6.45) is 6.08. The third kappa shape index (κ3) is 4.94. The maximum Gasteiger partial charge on any atom is 0.234 e. The van der Waals surface area contributed by atoms with Crippen LogP contribution in [0.5, 0.6) is 0 Å². The summed E-state index contributed by atoms with van der Waals surface area (Å²) in [5.41, 5.74) is 2.97. The molecule has 0 radical (unpaired) electrons. The van der Waals surface area contributed by atoms with Crippen molar-refractivity contribution < 1.29 is 9.18 Å². The molecule has 0 heterocycles. The van der Waals surface area contributed by atoms with Crippen molar-refractivity contribution in [3.63, 3.8) is 0 Å². The van der Waals surface area contributed by atoms with Crippen molar-refractivity contribution in [2.45, 2.75) is 19.4 Å². The van der Waals surface area contributed by atoms with E-state index in [1.807, 2.05) is 30.3 Å². The van der Waals surface area contributed by atoms with Gasteiger partial charge in [0.25, 0.3) is 0 Å². The Kier molecular flexibility index (Phi) is 6.53. The Morgan fingerprint density at radius 2 is 1.96 bits per heavy atom. The minimum atomic E-state index is -0.304. The predicted molar refractivity (Wildman–Crippen MR) is 93.9 cm³/mol. The molecule has 2 aromatic carbocycles. The van der Waals surface area contributed by atoms with Gasteiger partial charge in [-0.25, -0.2) is 4.39 Å². The van der Waals surface area contributed by atoms with E-state index in [-0.39, 0.29) is 30.9 Å². The molecule has 24 heavy (non-hydrogen) atoms. The summed E-state index contributed by atoms with van der Waals surface area (Å²) in [7, 11) is 0. The van der Waals surface area contributed by atoms with E-state index in [0.29, 0.717) is 0 Å². The topological polar surface area (TPSA) is 41.1 Å². The standard InChI is InChI=1S/C20H21FN2O/c1-3-12-22-19(24)14-23-20(17-6-5-7-18(21)13-17)16-10-8-15(4-2)9-11-16/h1,5-11,13,20,23H,4,12,14H2,2H3,(H,22,24)/t20-/m1/s1. The lowest BCUT2D eigenvalue weighted by Crippen LogP contribution is -2.36. The molecule has 0 unspecified atom stereocenters. The summed E-state index contributed by atoms with van der Waals surface area (Å²) in [5, 5.41) is 5.79. The molecule has 0 aromatic heterocycles. The molecular weight excluding hydrogens is 303 g/mol. The molecule has 1 atom stereocenters. The molecule has 124 valence electrons. The molecule has 2 rings (SSSR count). The monoisotopic (exact) mass is 324 g/mol. The summed E-state index contributed by atoms with van der Waals surface area (Å²) in [4.78, 5) is 11.8. The number of aryl methyl sites for hydroxylation is 1. The first-order valence-corrected chi connectivity index (χ1v) is 7.92. The van der Waals surface area contributed by atoms with E-state index in [1.165, 1.54) is 17.7 Å². The minimum Gasteiger partial charge on any atom is -0.344 e. The second-order valence-corrected chi connectivity index (χ2v) is 5.44. The zero-order valence-electron chi connectivity index (χ0n) is 13.7. The van der Waals surface area contributed by atoms with E-state index in [2.05, 4.69) is 23.5 Å². The Morgan fingerprint density at radius 3 is 2.58 bits per heavy atom. The van der Waals surface area contributed by atoms with Crippen LogP contribution in [0.4, 0.5) is 4.39 Å². The van der Waals surface area contributed by atoms with Gasteiger partial charge in [-0.3, -0.25) is 10.1 Å². The highest BCUT2D eigenvalue weighted by atomic mass is 19.1. The van der Waals surface area contributed by atoms with Gasteiger partial charge in [0.05, 0.1) is 19.1 Å². The van der Waals surface area contributed by atoms with Crippen molar-refractivity contribution in [3.05, 3.63) is 71.0 Å². The van der Waals surface area contributed by atoms with Gasteiger partial charge in [0.15, 0.2) is 0 Å². The summed E-state index contributed by atoms with van der Waals surface area (Å²) in [5.74, 6) is 1.86. The van der Waals surface area contributed by atoms with E-state index in [9.17, 15) is 9.18 Å². The highest BCUT2D eigenvalue weighted by Gasteiger charge is 2.15. The fourth-order valence-electron chi connectivity index (χ4n) is 2.47. The molecule has 0 aliphatic heterocycles. The number of carbonyl (C=O) groups excluding carboxylic acids is 1. The molecule has 0 spiro atoms. The molecule has 0 fully saturated rings. The van der Waals surface area contributed by atoms with Crippen molar-refractivity contribution in [2.75, 3.05) is 13.1 Å². The lowest BCUT2D eigenvalue weighted by atomic mass is 9.97. The molecule has 2 aromatic rings. The SMILES string of the molecule is C#CCNC(=O)CN[C@H](c1ccc(CC)cc1)c1cccc(F)c1. The number of hydrogen-bond donors (Lipinski definition) is 2. The van der Waals surface area contributed by atoms with Crippen LogP contribution in [0.15, 0.2) is 48.5 Å². The van der Waals surface area contributed by atoms with Crippen LogP contribution in [-0.4, -0.2) is 19.0 Å². The van der Waals surface area contributed by atoms with Crippen LogP contribution in [0.1, 0.15) is 29.7 Å². The van der Waals surface area contributed by atoms with Crippen LogP contribution in [0.2, 0.25) is 0 Å². The van der Waals surface area contributed by atoms with Crippen LogP contribution in [-0.2, 0) is 11.2 Å². The largest absolute Gasteiger partial charge is 0.344 e. The van der Waals surface area contributed by atoms with Gasteiger partial charge in [-0.1, -0.05) is 49.2 Å². The molecule has 2 N–H and O–H groups in total. The summed E-state index contributed by atoms with van der Waals surface area (Å²) in [6, 6.07) is 14.2. The Morgan fingerprint density at radius 1 is 1.21 bits per heavy atom. The van der Waals surface area contributed by atoms with Gasteiger partial charge >= 0.3 is 0 Å². The van der Waals surface area contributed by atoms with Crippen molar-refractivity contribution in [1.29, 1.82) is 0 Å². The smallest absolute Gasteiger partial charge is 0.234 e. The molecule has 0 saturated heterocycles. The van der Waals surface area contributed by atoms with Crippen molar-refractivity contribution in [1.82, 2.24) is 10.6 Å². The lowest BCUT2D eigenvalue weighted by molar-refractivity contribution is -0.120. The van der Waals surface area contributed by atoms with Crippen molar-refractivity contribution >= 4 is 5.91 Å². The highest BCUT2D eigenvalue weighted by Crippen LogP contribution is 2.23. The number of amides is 1. The maximum atomic E-state index is 13.6. The third-order valence-electron chi connectivity index (χ3n) is 3.76. The Hall–Kier alpha value is -2.64. The fourth-order valence-corrected chi connectivity index (χ4v) is 2.47. The van der Waals surface area contributed by atoms with Gasteiger partial charge in [-0.2, -0.15) is 0 Å². The molecule has 3 nitrogen and oxygen atoms in total. The number of nitrogens with one attached hydrogen (secondary N) is 2. The van der Waals surface area contributed by atoms with Gasteiger partial charge in [-0.05, 0) is 35.2 Å². The van der Waals surface area contributed by atoms with Crippen molar-refractivity contribution in [3.8, 4) is 12.3 Å². The normalized spacial score (nSPS) is 11.5. The van der Waals surface area contributed by atoms with Crippen LogP contribution < -0.4 is 10.6 Å². The van der Waals surface area contributed by atoms with E-state index >= 15 is 0 Å². The Balaban J connectivity index is 2.21. The molecule has 4 heteroatoms. The fraction of sp³-hybridized carbons (Fsp3) is 0.250. The number of rotatable bonds is 7. The molecule has 0 aliphatic carbocycles. The zero-order chi connectivity index (χ0) is 17.4. The Bertz CT molecular complexity index is 719. The second-order valence-electron chi connectivity index (χ2n) is 5.44. The predicted octanol–water partition coefficient (Wildman–Crippen LogP) is 2.82. The maximum absolute atomic E-state index is 13.6. The first kappa shape index (κ1) is 17.7. The van der Waals surface area contributed by atoms with Gasteiger partial charge in [0.2, 0.25) is 5.91 Å². The molecule has 0 aliphatic rings. The van der Waals surface area contributed by atoms with Crippen LogP contribution in [0.3, 0.4) is 0 Å². The van der Waals surface area contributed by atoms with Gasteiger partial charge in [0, 0.05) is 0 Å². The quantitative estimate of drug-likeness (QED) is 0.769. The van der Waals surface area contributed by atoms with Gasteiger partial charge in [0.1, 0.15) is 5.82 Å². The van der Waals surface area contributed by atoms with Gasteiger partial charge < -0.3 is 5.32 Å². The molecule has 1 amide bonds. The summed E-state index contributed by atoms with van der Waals surface area (Å²) < 4.78 is 13.6. The van der Waals surface area contributed by atoms with Gasteiger partial charge in [-0.15, -0.1) is 6.42 Å². The third-order valence-corrected chi connectivity index (χ3v) is 3.76. The number of terminal acetylenes is 1. The number of benzene rings is 2. The van der Waals surface area contributed by atoms with Crippen molar-refractivity contribution in [2.24, 2.45) is 0 Å². The van der Waals surface area contributed by atoms with Crippen LogP contribution in [0.25, 0.3) is 0 Å². The average molecular weight is 324 g/mol. The number of carbonyl (C=O) groups is 1. The van der Waals surface area contributed by atoms with Crippen LogP contribution in [0, 0.1) is 18.2 Å². The molecular formula is C20H21FN2O. The van der Waals surface area contributed by atoms with E-state index in [4.69, 9.17) is 6.42 Å². The van der Waals surface area contributed by atoms with E-state index in [0.717, 1.165) is 17.5 Å². The van der Waals surface area contributed by atoms with Crippen LogP contribution >= 0.6 is 0 Å². The number of hydrogen-bond acceptors (Lipinski definition) is 2.